The van der Waals surface area contributed by atoms with Gasteiger partial charge in [0.2, 0.25) is 11.8 Å². The molecule has 4 rings (SSSR count). The van der Waals surface area contributed by atoms with Gasteiger partial charge in [-0.3, -0.25) is 23.5 Å². The number of rotatable bonds is 5. The summed E-state index contributed by atoms with van der Waals surface area (Å²) in [6.45, 7) is 4.05. The Bertz CT molecular complexity index is 1420. The first-order valence-corrected chi connectivity index (χ1v) is 11.0. The highest BCUT2D eigenvalue weighted by molar-refractivity contribution is 6.06. The molecule has 2 aromatic heterocycles. The van der Waals surface area contributed by atoms with Crippen molar-refractivity contribution in [1.82, 2.24) is 14.1 Å². The summed E-state index contributed by atoms with van der Waals surface area (Å²) in [5.41, 5.74) is 0.798. The predicted octanol–water partition coefficient (Wildman–Crippen LogP) is 1.76. The lowest BCUT2D eigenvalue weighted by molar-refractivity contribution is -0.122. The number of anilines is 2. The normalized spacial score (nSPS) is 15.9. The number of aromatic nitrogens is 3. The zero-order valence-corrected chi connectivity index (χ0v) is 19.8. The summed E-state index contributed by atoms with van der Waals surface area (Å²) >= 11 is 0. The Morgan fingerprint density at radius 3 is 2.59 bits per heavy atom. The molecular formula is C24H27N5O5. The van der Waals surface area contributed by atoms with Crippen molar-refractivity contribution in [3.05, 3.63) is 56.9 Å². The smallest absolute Gasteiger partial charge is 0.332 e. The van der Waals surface area contributed by atoms with Crippen LogP contribution in [0.4, 0.5) is 11.4 Å². The van der Waals surface area contributed by atoms with E-state index in [0.29, 0.717) is 22.7 Å². The molecule has 178 valence electrons. The Hall–Kier alpha value is -3.95. The number of fused-ring (bicyclic) bond motifs is 1. The van der Waals surface area contributed by atoms with Crippen LogP contribution in [0.2, 0.25) is 0 Å². The van der Waals surface area contributed by atoms with E-state index in [0.717, 1.165) is 4.57 Å². The average Bonchev–Trinajstić information content (AvgIpc) is 3.22. The molecule has 1 atom stereocenters. The number of nitrogens with one attached hydrogen (secondary N) is 1. The maximum absolute atomic E-state index is 13.3. The molecule has 0 radical (unpaired) electrons. The summed E-state index contributed by atoms with van der Waals surface area (Å²) in [5.74, 6) is -0.588. The molecule has 1 fully saturated rings. The third kappa shape index (κ3) is 3.85. The number of carbonyl (C=O) groups is 2. The highest BCUT2D eigenvalue weighted by Gasteiger charge is 2.36. The zero-order valence-electron chi connectivity index (χ0n) is 19.8. The monoisotopic (exact) mass is 465 g/mol. The minimum Gasteiger partial charge on any atom is -0.497 e. The molecule has 1 saturated heterocycles. The standard InChI is InChI=1S/C24H27N5O5/c1-13(2)17-11-25-21-19(23(32)28(4)24(33)27(21)3)20(17)26-22(31)14-9-18(30)29(12-14)15-7-6-8-16(10-15)34-5/h6-8,10-11,13-14H,9,12H2,1-5H3,(H,25,26,31). The third-order valence-corrected chi connectivity index (χ3v) is 6.23. The molecule has 0 saturated carbocycles. The number of ether oxygens (including phenoxy) is 1. The highest BCUT2D eigenvalue weighted by Crippen LogP contribution is 2.32. The van der Waals surface area contributed by atoms with E-state index in [4.69, 9.17) is 4.74 Å². The Morgan fingerprint density at radius 2 is 1.91 bits per heavy atom. The molecule has 2 amide bonds. The molecule has 0 spiro atoms. The maximum Gasteiger partial charge on any atom is 0.332 e. The van der Waals surface area contributed by atoms with Gasteiger partial charge in [-0.05, 0) is 23.6 Å². The average molecular weight is 466 g/mol. The number of aryl methyl sites for hydroxylation is 1. The number of hydrogen-bond acceptors (Lipinski definition) is 6. The highest BCUT2D eigenvalue weighted by atomic mass is 16.5. The van der Waals surface area contributed by atoms with Crippen molar-refractivity contribution in [3.8, 4) is 5.75 Å². The van der Waals surface area contributed by atoms with E-state index >= 15 is 0 Å². The zero-order chi connectivity index (χ0) is 24.7. The van der Waals surface area contributed by atoms with Gasteiger partial charge < -0.3 is 15.0 Å². The molecule has 1 aliphatic rings. The molecule has 10 nitrogen and oxygen atoms in total. The number of benzene rings is 1. The first kappa shape index (κ1) is 23.2. The largest absolute Gasteiger partial charge is 0.497 e. The number of amides is 2. The van der Waals surface area contributed by atoms with Crippen LogP contribution in [0.3, 0.4) is 0 Å². The van der Waals surface area contributed by atoms with E-state index in [9.17, 15) is 19.2 Å². The van der Waals surface area contributed by atoms with Crippen LogP contribution in [0, 0.1) is 5.92 Å². The van der Waals surface area contributed by atoms with E-state index in [-0.39, 0.29) is 41.7 Å². The Kier molecular flexibility index (Phi) is 5.99. The van der Waals surface area contributed by atoms with Gasteiger partial charge in [0.1, 0.15) is 11.1 Å². The van der Waals surface area contributed by atoms with Crippen LogP contribution >= 0.6 is 0 Å². The van der Waals surface area contributed by atoms with E-state index in [2.05, 4.69) is 10.3 Å². The molecule has 1 aromatic carbocycles. The number of carbonyl (C=O) groups excluding carboxylic acids is 2. The summed E-state index contributed by atoms with van der Waals surface area (Å²) in [5, 5.41) is 3.06. The van der Waals surface area contributed by atoms with E-state index in [1.54, 1.807) is 42.5 Å². The molecule has 34 heavy (non-hydrogen) atoms. The van der Waals surface area contributed by atoms with Gasteiger partial charge >= 0.3 is 5.69 Å². The molecular weight excluding hydrogens is 438 g/mol. The van der Waals surface area contributed by atoms with Gasteiger partial charge in [0.15, 0.2) is 5.65 Å². The number of nitrogens with zero attached hydrogens (tertiary/aromatic N) is 4. The van der Waals surface area contributed by atoms with Crippen LogP contribution in [-0.2, 0) is 23.7 Å². The van der Waals surface area contributed by atoms with Crippen LogP contribution in [0.15, 0.2) is 40.1 Å². The second kappa shape index (κ2) is 8.77. The van der Waals surface area contributed by atoms with Gasteiger partial charge in [0, 0.05) is 45.0 Å². The van der Waals surface area contributed by atoms with Crippen molar-refractivity contribution in [2.75, 3.05) is 23.9 Å². The minimum atomic E-state index is -0.613. The first-order valence-electron chi connectivity index (χ1n) is 11.0. The van der Waals surface area contributed by atoms with Gasteiger partial charge in [-0.1, -0.05) is 19.9 Å². The maximum atomic E-state index is 13.3. The van der Waals surface area contributed by atoms with Crippen LogP contribution in [0.5, 0.6) is 5.75 Å². The predicted molar refractivity (Wildman–Crippen MR) is 128 cm³/mol. The molecule has 0 aliphatic carbocycles. The summed E-state index contributed by atoms with van der Waals surface area (Å²) in [6, 6.07) is 7.10. The summed E-state index contributed by atoms with van der Waals surface area (Å²) in [4.78, 5) is 57.3. The van der Waals surface area contributed by atoms with Crippen LogP contribution in [-0.4, -0.2) is 39.6 Å². The molecule has 3 heterocycles. The van der Waals surface area contributed by atoms with Gasteiger partial charge in [0.25, 0.3) is 5.56 Å². The molecule has 1 aliphatic heterocycles. The number of pyridine rings is 1. The Balaban J connectivity index is 1.72. The fourth-order valence-corrected chi connectivity index (χ4v) is 4.25. The summed E-state index contributed by atoms with van der Waals surface area (Å²) in [6.07, 6.45) is 1.61. The van der Waals surface area contributed by atoms with Crippen molar-refractivity contribution in [2.45, 2.75) is 26.2 Å². The molecule has 10 heteroatoms. The fourth-order valence-electron chi connectivity index (χ4n) is 4.25. The second-order valence-electron chi connectivity index (χ2n) is 8.74. The van der Waals surface area contributed by atoms with Crippen molar-refractivity contribution < 1.29 is 14.3 Å². The van der Waals surface area contributed by atoms with Crippen LogP contribution in [0.1, 0.15) is 31.7 Å². The second-order valence-corrected chi connectivity index (χ2v) is 8.74. The lowest BCUT2D eigenvalue weighted by Crippen LogP contribution is -2.38. The topological polar surface area (TPSA) is 116 Å². The molecule has 3 aromatic rings. The van der Waals surface area contributed by atoms with E-state index < -0.39 is 17.2 Å². The van der Waals surface area contributed by atoms with Crippen molar-refractivity contribution in [2.24, 2.45) is 20.0 Å². The summed E-state index contributed by atoms with van der Waals surface area (Å²) < 4.78 is 7.51. The lowest BCUT2D eigenvalue weighted by atomic mass is 10.0. The third-order valence-electron chi connectivity index (χ3n) is 6.23. The minimum absolute atomic E-state index is 0.0412. The Morgan fingerprint density at radius 1 is 1.18 bits per heavy atom. The fraction of sp³-hybridized carbons (Fsp3) is 0.375. The first-order chi connectivity index (χ1) is 16.1. The Labute approximate surface area is 195 Å². The lowest BCUT2D eigenvalue weighted by Gasteiger charge is -2.20. The molecule has 1 unspecified atom stereocenters. The van der Waals surface area contributed by atoms with Crippen molar-refractivity contribution >= 4 is 34.2 Å². The van der Waals surface area contributed by atoms with Crippen molar-refractivity contribution in [1.29, 1.82) is 0 Å². The quantitative estimate of drug-likeness (QED) is 0.614. The van der Waals surface area contributed by atoms with Crippen molar-refractivity contribution in [3.63, 3.8) is 0 Å². The van der Waals surface area contributed by atoms with Gasteiger partial charge in [-0.25, -0.2) is 9.78 Å². The van der Waals surface area contributed by atoms with E-state index in [1.165, 1.54) is 18.7 Å². The van der Waals surface area contributed by atoms with Gasteiger partial charge in [-0.15, -0.1) is 0 Å². The summed E-state index contributed by atoms with van der Waals surface area (Å²) in [7, 11) is 4.46. The van der Waals surface area contributed by atoms with Crippen LogP contribution in [0.25, 0.3) is 11.0 Å². The number of methoxy groups -OCH3 is 1. The van der Waals surface area contributed by atoms with E-state index in [1.807, 2.05) is 13.8 Å². The van der Waals surface area contributed by atoms with Gasteiger partial charge in [0.05, 0.1) is 18.7 Å². The molecule has 0 bridgehead atoms. The SMILES string of the molecule is COc1cccc(N2CC(C(=O)Nc3c(C(C)C)cnc4c3c(=O)n(C)c(=O)n4C)CC2=O)c1. The van der Waals surface area contributed by atoms with Crippen LogP contribution < -0.4 is 26.2 Å². The van der Waals surface area contributed by atoms with Gasteiger partial charge in [-0.2, -0.15) is 0 Å². The molecule has 1 N–H and O–H groups in total. The number of hydrogen-bond donors (Lipinski definition) is 1.